The van der Waals surface area contributed by atoms with E-state index in [1.54, 1.807) is 11.6 Å². The van der Waals surface area contributed by atoms with Crippen LogP contribution in [0.1, 0.15) is 76.8 Å². The van der Waals surface area contributed by atoms with E-state index in [0.717, 1.165) is 56.4 Å². The third kappa shape index (κ3) is 6.83. The number of nitrogens with one attached hydrogen (secondary N) is 2. The van der Waals surface area contributed by atoms with E-state index in [0.29, 0.717) is 31.4 Å². The predicted octanol–water partition coefficient (Wildman–Crippen LogP) is 2.82. The summed E-state index contributed by atoms with van der Waals surface area (Å²) in [6.45, 7) is 9.64. The van der Waals surface area contributed by atoms with Crippen molar-refractivity contribution in [2.45, 2.75) is 83.0 Å². The van der Waals surface area contributed by atoms with Gasteiger partial charge in [-0.15, -0.1) is 0 Å². The fourth-order valence-corrected chi connectivity index (χ4v) is 6.33. The van der Waals surface area contributed by atoms with Gasteiger partial charge in [0.15, 0.2) is 0 Å². The number of amides is 3. The number of piperidine rings is 2. The molecular formula is C30H43N5O6. The Morgan fingerprint density at radius 1 is 1.07 bits per heavy atom. The Hall–Kier alpha value is -3.18. The number of imide groups is 1. The lowest BCUT2D eigenvalue weighted by Crippen LogP contribution is -2.44. The van der Waals surface area contributed by atoms with Gasteiger partial charge in [-0.1, -0.05) is 6.07 Å². The lowest BCUT2D eigenvalue weighted by Gasteiger charge is -2.40. The molecule has 2 aliphatic heterocycles. The van der Waals surface area contributed by atoms with Crippen molar-refractivity contribution in [3.05, 3.63) is 34.2 Å². The first-order valence-corrected chi connectivity index (χ1v) is 14.8. The highest BCUT2D eigenvalue weighted by atomic mass is 16.6. The van der Waals surface area contributed by atoms with Crippen molar-refractivity contribution in [3.8, 4) is 0 Å². The summed E-state index contributed by atoms with van der Waals surface area (Å²) in [7, 11) is 1.74. The van der Waals surface area contributed by atoms with Crippen molar-refractivity contribution in [3.63, 3.8) is 0 Å². The zero-order valence-corrected chi connectivity index (χ0v) is 24.6. The zero-order valence-electron chi connectivity index (χ0n) is 24.6. The van der Waals surface area contributed by atoms with E-state index in [9.17, 15) is 19.2 Å². The standard InChI is InChI=1S/C30H43N5O6/c1-30(2,3)41-28(38)31-11-14-40-22-15-19(16-22)18-34-12-9-20(10-13-34)21-5-6-23-25(17-21)33(4)29(39)35(23)24-7-8-26(36)32-27(24)37/h5-6,17,19-20,22,24H,7-16,18H2,1-4H3,(H,31,38)(H,32,36,37)/t19-,22-,24?. The molecule has 11 nitrogen and oxygen atoms in total. The van der Waals surface area contributed by atoms with E-state index in [1.807, 2.05) is 26.8 Å². The first-order chi connectivity index (χ1) is 19.5. The highest BCUT2D eigenvalue weighted by molar-refractivity contribution is 6.00. The molecule has 0 radical (unpaired) electrons. The molecule has 3 heterocycles. The van der Waals surface area contributed by atoms with Crippen LogP contribution in [0.25, 0.3) is 11.0 Å². The molecule has 1 aliphatic carbocycles. The predicted molar refractivity (Wildman–Crippen MR) is 154 cm³/mol. The van der Waals surface area contributed by atoms with Gasteiger partial charge in [0.2, 0.25) is 11.8 Å². The molecule has 1 unspecified atom stereocenters. The Bertz CT molecular complexity index is 1340. The van der Waals surface area contributed by atoms with E-state index in [-0.39, 0.29) is 24.1 Å². The number of imidazole rings is 1. The van der Waals surface area contributed by atoms with E-state index in [2.05, 4.69) is 27.7 Å². The van der Waals surface area contributed by atoms with Gasteiger partial charge in [0.1, 0.15) is 11.6 Å². The quantitative estimate of drug-likeness (QED) is 0.370. The monoisotopic (exact) mass is 569 g/mol. The molecular weight excluding hydrogens is 526 g/mol. The second-order valence-electron chi connectivity index (χ2n) is 12.8. The molecule has 3 fully saturated rings. The van der Waals surface area contributed by atoms with Gasteiger partial charge < -0.3 is 19.7 Å². The fourth-order valence-electron chi connectivity index (χ4n) is 6.33. The van der Waals surface area contributed by atoms with Crippen molar-refractivity contribution in [1.82, 2.24) is 24.7 Å². The maximum absolute atomic E-state index is 13.1. The summed E-state index contributed by atoms with van der Waals surface area (Å²) in [5.41, 5.74) is 2.05. The molecule has 224 valence electrons. The van der Waals surface area contributed by atoms with Crippen LogP contribution < -0.4 is 16.3 Å². The maximum Gasteiger partial charge on any atom is 0.407 e. The van der Waals surface area contributed by atoms with Crippen molar-refractivity contribution in [2.24, 2.45) is 13.0 Å². The smallest absolute Gasteiger partial charge is 0.407 e. The number of aryl methyl sites for hydroxylation is 1. The van der Waals surface area contributed by atoms with Crippen molar-refractivity contribution in [1.29, 1.82) is 0 Å². The van der Waals surface area contributed by atoms with Gasteiger partial charge in [0, 0.05) is 26.6 Å². The molecule has 0 spiro atoms. The summed E-state index contributed by atoms with van der Waals surface area (Å²) in [6.07, 6.45) is 4.67. The molecule has 1 aromatic carbocycles. The number of ether oxygens (including phenoxy) is 2. The molecule has 2 aromatic rings. The van der Waals surface area contributed by atoms with Crippen LogP contribution in [-0.4, -0.2) is 76.4 Å². The number of hydrogen-bond donors (Lipinski definition) is 2. The Morgan fingerprint density at radius 2 is 1.80 bits per heavy atom. The van der Waals surface area contributed by atoms with Gasteiger partial charge in [-0.3, -0.25) is 24.0 Å². The topological polar surface area (TPSA) is 124 Å². The van der Waals surface area contributed by atoms with Crippen LogP contribution in [0.3, 0.4) is 0 Å². The molecule has 0 bridgehead atoms. The van der Waals surface area contributed by atoms with Crippen LogP contribution in [0, 0.1) is 5.92 Å². The second kappa shape index (κ2) is 12.0. The number of nitrogens with zero attached hydrogens (tertiary/aromatic N) is 3. The van der Waals surface area contributed by atoms with Crippen molar-refractivity contribution < 1.29 is 23.9 Å². The highest BCUT2D eigenvalue weighted by Crippen LogP contribution is 2.34. The number of rotatable bonds is 8. The Balaban J connectivity index is 1.07. The SMILES string of the molecule is Cn1c(=O)n(C2CCC(=O)NC2=O)c2ccc(C3CCN(C[C@H]4C[C@H](OCCNC(=O)OC(C)(C)C)C4)CC3)cc21. The van der Waals surface area contributed by atoms with Crippen LogP contribution in [-0.2, 0) is 26.1 Å². The highest BCUT2D eigenvalue weighted by Gasteiger charge is 2.33. The molecule has 3 amide bonds. The largest absolute Gasteiger partial charge is 0.444 e. The summed E-state index contributed by atoms with van der Waals surface area (Å²) >= 11 is 0. The first kappa shape index (κ1) is 29.3. The van der Waals surface area contributed by atoms with Crippen molar-refractivity contribution in [2.75, 3.05) is 32.8 Å². The summed E-state index contributed by atoms with van der Waals surface area (Å²) in [4.78, 5) is 51.4. The number of hydrogen-bond acceptors (Lipinski definition) is 7. The molecule has 1 atom stereocenters. The van der Waals surface area contributed by atoms with Gasteiger partial charge in [-0.05, 0) is 95.5 Å². The van der Waals surface area contributed by atoms with E-state index in [4.69, 9.17) is 9.47 Å². The number of fused-ring (bicyclic) bond motifs is 1. The first-order valence-electron chi connectivity index (χ1n) is 14.8. The van der Waals surface area contributed by atoms with Crippen LogP contribution >= 0.6 is 0 Å². The van der Waals surface area contributed by atoms with Crippen LogP contribution in [0.4, 0.5) is 4.79 Å². The molecule has 3 aliphatic rings. The number of carbonyl (C=O) groups is 3. The van der Waals surface area contributed by atoms with Gasteiger partial charge in [0.05, 0.1) is 23.7 Å². The van der Waals surface area contributed by atoms with Crippen LogP contribution in [0.2, 0.25) is 0 Å². The lowest BCUT2D eigenvalue weighted by molar-refractivity contribution is -0.135. The normalized spacial score (nSPS) is 24.2. The Kier molecular flexibility index (Phi) is 8.56. The lowest BCUT2D eigenvalue weighted by atomic mass is 9.81. The summed E-state index contributed by atoms with van der Waals surface area (Å²) in [5.74, 6) is 0.378. The summed E-state index contributed by atoms with van der Waals surface area (Å²) in [5, 5.41) is 5.10. The van der Waals surface area contributed by atoms with Gasteiger partial charge in [-0.25, -0.2) is 9.59 Å². The van der Waals surface area contributed by atoms with Crippen LogP contribution in [0.15, 0.2) is 23.0 Å². The summed E-state index contributed by atoms with van der Waals surface area (Å²) < 4.78 is 14.3. The molecule has 2 N–H and O–H groups in total. The van der Waals surface area contributed by atoms with E-state index in [1.165, 1.54) is 10.1 Å². The third-order valence-electron chi connectivity index (χ3n) is 8.53. The second-order valence-corrected chi connectivity index (χ2v) is 12.8. The van der Waals surface area contributed by atoms with E-state index < -0.39 is 23.6 Å². The maximum atomic E-state index is 13.1. The molecule has 1 saturated carbocycles. The number of likely N-dealkylation sites (tertiary alicyclic amines) is 1. The molecule has 1 aromatic heterocycles. The minimum absolute atomic E-state index is 0.233. The molecule has 41 heavy (non-hydrogen) atoms. The average molecular weight is 570 g/mol. The minimum Gasteiger partial charge on any atom is -0.444 e. The van der Waals surface area contributed by atoms with E-state index >= 15 is 0 Å². The average Bonchev–Trinajstić information content (AvgIpc) is 3.13. The number of alkyl carbamates (subject to hydrolysis) is 1. The summed E-state index contributed by atoms with van der Waals surface area (Å²) in [6, 6.07) is 5.49. The molecule has 11 heteroatoms. The van der Waals surface area contributed by atoms with Gasteiger partial charge in [0.25, 0.3) is 0 Å². The third-order valence-corrected chi connectivity index (χ3v) is 8.53. The van der Waals surface area contributed by atoms with Gasteiger partial charge >= 0.3 is 11.8 Å². The van der Waals surface area contributed by atoms with Crippen LogP contribution in [0.5, 0.6) is 0 Å². The molecule has 5 rings (SSSR count). The zero-order chi connectivity index (χ0) is 29.3. The number of aromatic nitrogens is 2. The van der Waals surface area contributed by atoms with Crippen molar-refractivity contribution >= 4 is 28.9 Å². The number of carbonyl (C=O) groups excluding carboxylic acids is 3. The Morgan fingerprint density at radius 3 is 2.49 bits per heavy atom. The Labute approximate surface area is 240 Å². The fraction of sp³-hybridized carbons (Fsp3) is 0.667. The van der Waals surface area contributed by atoms with Gasteiger partial charge in [-0.2, -0.15) is 0 Å². The number of benzene rings is 1. The molecule has 2 saturated heterocycles. The minimum atomic E-state index is -0.664.